The fourth-order valence-electron chi connectivity index (χ4n) is 3.16. The molecule has 1 aliphatic heterocycles. The van der Waals surface area contributed by atoms with E-state index >= 15 is 0 Å². The molecule has 2 heterocycles. The molecule has 0 saturated heterocycles. The number of aliphatic imine (C=N–C) groups is 1. The average Bonchev–Trinajstić information content (AvgIpc) is 3.16. The summed E-state index contributed by atoms with van der Waals surface area (Å²) < 4.78 is 102. The van der Waals surface area contributed by atoms with Crippen molar-refractivity contribution >= 4 is 58.4 Å². The summed E-state index contributed by atoms with van der Waals surface area (Å²) in [5.74, 6) is -1.86. The van der Waals surface area contributed by atoms with E-state index in [4.69, 9.17) is 0 Å². The van der Waals surface area contributed by atoms with Crippen LogP contribution in [-0.4, -0.2) is 60.5 Å². The summed E-state index contributed by atoms with van der Waals surface area (Å²) in [6.07, 6.45) is 0. The van der Waals surface area contributed by atoms with Gasteiger partial charge in [-0.2, -0.15) is 0 Å². The molecule has 2 N–H and O–H groups in total. The van der Waals surface area contributed by atoms with E-state index in [0.29, 0.717) is 12.1 Å². The second-order valence-corrected chi connectivity index (χ2v) is 10.6. The van der Waals surface area contributed by atoms with Crippen molar-refractivity contribution in [2.75, 3.05) is 0 Å². The molecular formula is C16H7N2Na3O11S3. The van der Waals surface area contributed by atoms with E-state index < -0.39 is 78.9 Å². The van der Waals surface area contributed by atoms with Crippen LogP contribution in [-0.2, 0) is 30.4 Å². The molecule has 1 aromatic heterocycles. The third-order valence-corrected chi connectivity index (χ3v) is 7.07. The molecule has 0 amide bonds. The van der Waals surface area contributed by atoms with Crippen molar-refractivity contribution in [3.8, 4) is 5.75 Å². The van der Waals surface area contributed by atoms with E-state index in [2.05, 4.69) is 9.98 Å². The van der Waals surface area contributed by atoms with Crippen molar-refractivity contribution in [1.29, 1.82) is 0 Å². The topological polar surface area (TPSA) is 237 Å². The number of ketones is 1. The predicted octanol–water partition coefficient (Wildman–Crippen LogP) is -9.09. The Labute approximate surface area is 264 Å². The zero-order valence-electron chi connectivity index (χ0n) is 18.1. The largest absolute Gasteiger partial charge is 1.00 e. The van der Waals surface area contributed by atoms with Crippen molar-refractivity contribution in [1.82, 2.24) is 4.98 Å². The molecule has 0 fully saturated rings. The number of rotatable bonds is 4. The number of H-pyrrole nitrogens is 1. The fourth-order valence-corrected chi connectivity index (χ4v) is 4.93. The second kappa shape index (κ2) is 10.9. The van der Waals surface area contributed by atoms with Crippen LogP contribution in [0, 0.1) is 0 Å². The number of hydrogen-bond acceptors (Lipinski definition) is 12. The molecule has 19 heteroatoms. The number of carbonyl (C=O) groups excluding carboxylic acids is 1. The van der Waals surface area contributed by atoms with Crippen LogP contribution in [0.1, 0.15) is 16.1 Å². The third kappa shape index (κ3) is 6.13. The summed E-state index contributed by atoms with van der Waals surface area (Å²) in [6, 6.07) is 3.65. The Balaban J connectivity index is 0.00000204. The SMILES string of the molecule is O=C1C(c2[nH]c3c(S(=O)(=O)[O-])cc(S(=O)(=O)[O-])cc3c2O)=Nc2ccc(S(=O)(=O)[O-])cc21.[Na+].[Na+].[Na+]. The van der Waals surface area contributed by atoms with Gasteiger partial charge in [0.05, 0.1) is 31.5 Å². The minimum absolute atomic E-state index is 0. The van der Waals surface area contributed by atoms with Crippen molar-refractivity contribution in [2.24, 2.45) is 4.99 Å². The van der Waals surface area contributed by atoms with Crippen LogP contribution in [0.25, 0.3) is 10.9 Å². The maximum Gasteiger partial charge on any atom is 1.00 e. The quantitative estimate of drug-likeness (QED) is 0.221. The number of aromatic amines is 1. The van der Waals surface area contributed by atoms with Gasteiger partial charge in [0.2, 0.25) is 5.78 Å². The Bertz CT molecular complexity index is 1730. The van der Waals surface area contributed by atoms with E-state index in [1.807, 2.05) is 0 Å². The zero-order valence-corrected chi connectivity index (χ0v) is 26.5. The molecule has 168 valence electrons. The summed E-state index contributed by atoms with van der Waals surface area (Å²) in [5.41, 5.74) is -2.05. The molecule has 0 saturated carbocycles. The van der Waals surface area contributed by atoms with Gasteiger partial charge in [0, 0.05) is 5.39 Å². The standard InChI is InChI=1S/C16H10N2O11S3.3Na/c19-15-8-3-6(30(21,22)23)1-2-10(8)17-13(15)14-16(20)9-4-7(31(24,25)26)5-11(12(9)18-14)32(27,28)29;;;/h1-5,18,20H,(H,21,22,23)(H,24,25,26)(H,27,28,29);;;/q;3*+1/p-3. The Kier molecular flexibility index (Phi) is 10.3. The third-order valence-electron chi connectivity index (χ3n) is 4.56. The molecule has 0 unspecified atom stereocenters. The van der Waals surface area contributed by atoms with Crippen molar-refractivity contribution in [2.45, 2.75) is 14.7 Å². The fraction of sp³-hybridized carbons (Fsp3) is 0. The van der Waals surface area contributed by atoms with E-state index in [1.165, 1.54) is 0 Å². The summed E-state index contributed by atoms with van der Waals surface area (Å²) >= 11 is 0. The molecule has 35 heavy (non-hydrogen) atoms. The number of nitrogens with one attached hydrogen (secondary N) is 1. The first-order valence-corrected chi connectivity index (χ1v) is 12.4. The Morgan fingerprint density at radius 3 is 1.89 bits per heavy atom. The van der Waals surface area contributed by atoms with E-state index in [-0.39, 0.29) is 99.9 Å². The second-order valence-electron chi connectivity index (χ2n) is 6.52. The van der Waals surface area contributed by atoms with Crippen LogP contribution in [0.15, 0.2) is 50.0 Å². The molecule has 4 rings (SSSR count). The normalized spacial score (nSPS) is 13.3. The Hall–Kier alpha value is -0.150. The molecular weight excluding hydrogens is 561 g/mol. The first-order valence-electron chi connectivity index (χ1n) is 8.13. The van der Waals surface area contributed by atoms with Crippen molar-refractivity contribution in [3.63, 3.8) is 0 Å². The van der Waals surface area contributed by atoms with Crippen LogP contribution in [0.3, 0.4) is 0 Å². The molecule has 0 atom stereocenters. The van der Waals surface area contributed by atoms with Crippen molar-refractivity contribution < 1.29 is 137 Å². The minimum atomic E-state index is -5.35. The number of aromatic nitrogens is 1. The summed E-state index contributed by atoms with van der Waals surface area (Å²) in [7, 11) is -15.5. The van der Waals surface area contributed by atoms with Crippen LogP contribution < -0.4 is 88.7 Å². The molecule has 0 bridgehead atoms. The smallest absolute Gasteiger partial charge is 0.744 e. The van der Waals surface area contributed by atoms with Gasteiger partial charge < -0.3 is 23.7 Å². The average molecular weight is 568 g/mol. The van der Waals surface area contributed by atoms with Gasteiger partial charge in [-0.15, -0.1) is 0 Å². The van der Waals surface area contributed by atoms with Gasteiger partial charge in [0.15, 0.2) is 5.75 Å². The number of fused-ring (bicyclic) bond motifs is 2. The van der Waals surface area contributed by atoms with Crippen LogP contribution in [0.5, 0.6) is 5.75 Å². The first-order chi connectivity index (χ1) is 14.6. The van der Waals surface area contributed by atoms with Crippen LogP contribution in [0.4, 0.5) is 5.69 Å². The van der Waals surface area contributed by atoms with Gasteiger partial charge in [0.1, 0.15) is 41.8 Å². The predicted molar refractivity (Wildman–Crippen MR) is 101 cm³/mol. The van der Waals surface area contributed by atoms with Gasteiger partial charge >= 0.3 is 88.7 Å². The number of aromatic hydroxyl groups is 1. The summed E-state index contributed by atoms with van der Waals surface area (Å²) in [6.45, 7) is 0. The van der Waals surface area contributed by atoms with E-state index in [0.717, 1.165) is 18.2 Å². The number of Topliss-reactive ketones (excluding diaryl/α,β-unsaturated/α-hetero) is 1. The zero-order chi connectivity index (χ0) is 23.8. The molecule has 3 aromatic rings. The minimum Gasteiger partial charge on any atom is -0.744 e. The molecule has 1 aliphatic rings. The molecule has 2 aromatic carbocycles. The molecule has 0 spiro atoms. The Morgan fingerprint density at radius 2 is 1.37 bits per heavy atom. The van der Waals surface area contributed by atoms with Crippen molar-refractivity contribution in [3.05, 3.63) is 41.6 Å². The number of hydrogen-bond donors (Lipinski definition) is 2. The monoisotopic (exact) mass is 568 g/mol. The molecule has 13 nitrogen and oxygen atoms in total. The van der Waals surface area contributed by atoms with E-state index in [9.17, 15) is 48.8 Å². The van der Waals surface area contributed by atoms with Gasteiger partial charge in [-0.25, -0.2) is 30.2 Å². The summed E-state index contributed by atoms with van der Waals surface area (Å²) in [5, 5.41) is 9.94. The Morgan fingerprint density at radius 1 is 0.800 bits per heavy atom. The summed E-state index contributed by atoms with van der Waals surface area (Å²) in [4.78, 5) is 16.0. The first kappa shape index (κ1) is 32.9. The number of benzene rings is 2. The van der Waals surface area contributed by atoms with E-state index in [1.54, 1.807) is 0 Å². The van der Waals surface area contributed by atoms with Gasteiger partial charge in [-0.05, 0) is 30.3 Å². The maximum absolute atomic E-state index is 12.7. The number of nitrogens with zero attached hydrogens (tertiary/aromatic N) is 1. The maximum atomic E-state index is 12.7. The molecule has 0 aliphatic carbocycles. The van der Waals surface area contributed by atoms with Crippen LogP contribution >= 0.6 is 0 Å². The van der Waals surface area contributed by atoms with Crippen LogP contribution in [0.2, 0.25) is 0 Å². The number of carbonyl (C=O) groups is 1. The van der Waals surface area contributed by atoms with Gasteiger partial charge in [-0.1, -0.05) is 0 Å². The van der Waals surface area contributed by atoms with Gasteiger partial charge in [0.25, 0.3) is 0 Å². The molecule has 0 radical (unpaired) electrons. The van der Waals surface area contributed by atoms with Gasteiger partial charge in [-0.3, -0.25) is 4.79 Å².